The molecular formula is C24H27N3O3. The molecule has 0 spiro atoms. The zero-order valence-corrected chi connectivity index (χ0v) is 17.4. The van der Waals surface area contributed by atoms with Crippen molar-refractivity contribution in [3.63, 3.8) is 0 Å². The van der Waals surface area contributed by atoms with Crippen molar-refractivity contribution in [2.24, 2.45) is 16.1 Å². The Kier molecular flexibility index (Phi) is 6.47. The molecule has 1 unspecified atom stereocenters. The van der Waals surface area contributed by atoms with E-state index in [1.165, 1.54) is 0 Å². The number of nitrogens with one attached hydrogen (secondary N) is 1. The van der Waals surface area contributed by atoms with Gasteiger partial charge in [0.1, 0.15) is 5.75 Å². The van der Waals surface area contributed by atoms with Gasteiger partial charge in [0.2, 0.25) is 5.91 Å². The van der Waals surface area contributed by atoms with Crippen LogP contribution in [0.4, 0.5) is 5.69 Å². The van der Waals surface area contributed by atoms with Crippen LogP contribution in [-0.4, -0.2) is 25.1 Å². The smallest absolute Gasteiger partial charge is 0.317 e. The lowest BCUT2D eigenvalue weighted by molar-refractivity contribution is -0.139. The third-order valence-electron chi connectivity index (χ3n) is 5.44. The highest BCUT2D eigenvalue weighted by Gasteiger charge is 2.46. The molecule has 0 radical (unpaired) electrons. The highest BCUT2D eigenvalue weighted by atomic mass is 16.5. The topological polar surface area (TPSA) is 93.8 Å². The maximum Gasteiger partial charge on any atom is 0.317 e. The van der Waals surface area contributed by atoms with Gasteiger partial charge in [0, 0.05) is 18.4 Å². The average molecular weight is 405 g/mol. The minimum absolute atomic E-state index is 0.155. The highest BCUT2D eigenvalue weighted by Crippen LogP contribution is 2.46. The second kappa shape index (κ2) is 9.05. The Labute approximate surface area is 176 Å². The Balaban J connectivity index is 1.69. The molecule has 3 rings (SSSR count). The molecule has 1 saturated carbocycles. The third-order valence-corrected chi connectivity index (χ3v) is 5.44. The molecule has 30 heavy (non-hydrogen) atoms. The van der Waals surface area contributed by atoms with Gasteiger partial charge in [0.25, 0.3) is 0 Å². The minimum Gasteiger partial charge on any atom is -0.426 e. The van der Waals surface area contributed by atoms with Crippen LogP contribution in [0.25, 0.3) is 6.08 Å². The van der Waals surface area contributed by atoms with E-state index >= 15 is 0 Å². The molecule has 2 aromatic carbocycles. The van der Waals surface area contributed by atoms with Crippen molar-refractivity contribution in [2.75, 3.05) is 11.9 Å². The standard InChI is InChI=1S/C24H27N3O3/c1-16-4-7-19(14-18(16)10-13-26-3)27-22(28)21(15-25)17-5-8-20(9-6-17)30-23(29)24(2)11-12-24/h4-10,13-14,21H,3,11-12,15,25H2,1-2H3,(H,27,28)/b13-10-. The predicted molar refractivity (Wildman–Crippen MR) is 120 cm³/mol. The summed E-state index contributed by atoms with van der Waals surface area (Å²) in [5, 5.41) is 2.93. The van der Waals surface area contributed by atoms with Crippen LogP contribution in [0.2, 0.25) is 0 Å². The first-order valence-corrected chi connectivity index (χ1v) is 9.92. The van der Waals surface area contributed by atoms with E-state index in [4.69, 9.17) is 10.5 Å². The number of ether oxygens (including phenoxy) is 1. The lowest BCUT2D eigenvalue weighted by Gasteiger charge is -2.17. The molecule has 0 aromatic heterocycles. The van der Waals surface area contributed by atoms with Gasteiger partial charge in [0.05, 0.1) is 11.3 Å². The van der Waals surface area contributed by atoms with Crippen molar-refractivity contribution in [3.05, 3.63) is 65.4 Å². The Bertz CT molecular complexity index is 976. The molecule has 1 amide bonds. The fourth-order valence-electron chi connectivity index (χ4n) is 3.04. The predicted octanol–water partition coefficient (Wildman–Crippen LogP) is 4.05. The Morgan fingerprint density at radius 2 is 1.97 bits per heavy atom. The van der Waals surface area contributed by atoms with Crippen LogP contribution in [0.5, 0.6) is 5.75 Å². The first-order chi connectivity index (χ1) is 14.4. The number of benzene rings is 2. The van der Waals surface area contributed by atoms with Gasteiger partial charge in [-0.1, -0.05) is 18.2 Å². The molecule has 0 aliphatic heterocycles. The maximum absolute atomic E-state index is 12.8. The maximum atomic E-state index is 12.8. The summed E-state index contributed by atoms with van der Waals surface area (Å²) in [7, 11) is 0. The van der Waals surface area contributed by atoms with E-state index in [-0.39, 0.29) is 23.8 Å². The summed E-state index contributed by atoms with van der Waals surface area (Å²) >= 11 is 0. The molecule has 2 aromatic rings. The zero-order chi connectivity index (χ0) is 21.7. The quantitative estimate of drug-likeness (QED) is 0.393. The fourth-order valence-corrected chi connectivity index (χ4v) is 3.04. The van der Waals surface area contributed by atoms with Gasteiger partial charge in [-0.05, 0) is 80.4 Å². The largest absolute Gasteiger partial charge is 0.426 e. The van der Waals surface area contributed by atoms with Crippen LogP contribution >= 0.6 is 0 Å². The van der Waals surface area contributed by atoms with Gasteiger partial charge in [-0.25, -0.2) is 0 Å². The molecule has 0 saturated heterocycles. The molecular weight excluding hydrogens is 378 g/mol. The van der Waals surface area contributed by atoms with E-state index in [9.17, 15) is 9.59 Å². The number of anilines is 1. The molecule has 0 bridgehead atoms. The van der Waals surface area contributed by atoms with Crippen molar-refractivity contribution in [1.29, 1.82) is 0 Å². The fraction of sp³-hybridized carbons (Fsp3) is 0.292. The second-order valence-electron chi connectivity index (χ2n) is 7.87. The number of aliphatic imine (C=N–C) groups is 1. The summed E-state index contributed by atoms with van der Waals surface area (Å²) < 4.78 is 5.43. The van der Waals surface area contributed by atoms with Crippen LogP contribution in [0, 0.1) is 12.3 Å². The molecule has 1 atom stereocenters. The van der Waals surface area contributed by atoms with E-state index in [0.29, 0.717) is 11.4 Å². The molecule has 6 heteroatoms. The Morgan fingerprint density at radius 1 is 1.27 bits per heavy atom. The zero-order valence-electron chi connectivity index (χ0n) is 17.4. The first kappa shape index (κ1) is 21.5. The van der Waals surface area contributed by atoms with E-state index < -0.39 is 5.92 Å². The van der Waals surface area contributed by atoms with E-state index in [1.54, 1.807) is 30.5 Å². The summed E-state index contributed by atoms with van der Waals surface area (Å²) in [6, 6.07) is 12.6. The van der Waals surface area contributed by atoms with Crippen molar-refractivity contribution in [3.8, 4) is 5.75 Å². The first-order valence-electron chi connectivity index (χ1n) is 9.92. The van der Waals surface area contributed by atoms with Gasteiger partial charge in [-0.2, -0.15) is 0 Å². The number of amides is 1. The molecule has 1 aliphatic rings. The van der Waals surface area contributed by atoms with Crippen LogP contribution in [0.3, 0.4) is 0 Å². The summed E-state index contributed by atoms with van der Waals surface area (Å²) in [6.45, 7) is 7.47. The minimum atomic E-state index is -0.522. The average Bonchev–Trinajstić information content (AvgIpc) is 3.49. The van der Waals surface area contributed by atoms with E-state index in [2.05, 4.69) is 17.0 Å². The van der Waals surface area contributed by atoms with Crippen LogP contribution in [0.1, 0.15) is 42.4 Å². The van der Waals surface area contributed by atoms with Gasteiger partial charge >= 0.3 is 5.97 Å². The lowest BCUT2D eigenvalue weighted by atomic mass is 9.98. The highest BCUT2D eigenvalue weighted by molar-refractivity contribution is 5.96. The van der Waals surface area contributed by atoms with Gasteiger partial charge in [0.15, 0.2) is 0 Å². The number of nitrogens with two attached hydrogens (primary N) is 1. The SMILES string of the molecule is C=N/C=C\c1cc(NC(=O)C(CN)c2ccc(OC(=O)C3(C)CC3)cc2)ccc1C. The molecule has 6 nitrogen and oxygen atoms in total. The molecule has 156 valence electrons. The normalized spacial score (nSPS) is 15.4. The number of carbonyl (C=O) groups is 2. The van der Waals surface area contributed by atoms with E-state index in [1.807, 2.05) is 38.1 Å². The summed E-state index contributed by atoms with van der Waals surface area (Å²) in [4.78, 5) is 28.6. The van der Waals surface area contributed by atoms with Gasteiger partial charge < -0.3 is 15.8 Å². The number of carbonyl (C=O) groups excluding carboxylic acids is 2. The van der Waals surface area contributed by atoms with Crippen LogP contribution in [-0.2, 0) is 9.59 Å². The lowest BCUT2D eigenvalue weighted by Crippen LogP contribution is -2.27. The number of hydrogen-bond acceptors (Lipinski definition) is 5. The Hall–Kier alpha value is -3.25. The second-order valence-corrected chi connectivity index (χ2v) is 7.87. The van der Waals surface area contributed by atoms with Crippen LogP contribution in [0.15, 0.2) is 53.7 Å². The number of hydrogen-bond donors (Lipinski definition) is 2. The number of esters is 1. The molecule has 1 aliphatic carbocycles. The summed E-state index contributed by atoms with van der Waals surface area (Å²) in [5.74, 6) is -0.461. The number of nitrogens with zero attached hydrogens (tertiary/aromatic N) is 1. The van der Waals surface area contributed by atoms with Gasteiger partial charge in [-0.3, -0.25) is 14.6 Å². The van der Waals surface area contributed by atoms with Crippen molar-refractivity contribution in [2.45, 2.75) is 32.6 Å². The van der Waals surface area contributed by atoms with Gasteiger partial charge in [-0.15, -0.1) is 0 Å². The number of rotatable bonds is 8. The van der Waals surface area contributed by atoms with Crippen molar-refractivity contribution < 1.29 is 14.3 Å². The molecule has 3 N–H and O–H groups in total. The van der Waals surface area contributed by atoms with E-state index in [0.717, 1.165) is 29.5 Å². The molecule has 1 fully saturated rings. The monoisotopic (exact) mass is 405 g/mol. The summed E-state index contributed by atoms with van der Waals surface area (Å²) in [6.07, 6.45) is 5.16. The Morgan fingerprint density at radius 3 is 2.57 bits per heavy atom. The third kappa shape index (κ3) is 5.02. The number of aryl methyl sites for hydroxylation is 1. The van der Waals surface area contributed by atoms with Crippen LogP contribution < -0.4 is 15.8 Å². The molecule has 0 heterocycles. The van der Waals surface area contributed by atoms with Crippen molar-refractivity contribution in [1.82, 2.24) is 0 Å². The van der Waals surface area contributed by atoms with Crippen molar-refractivity contribution >= 4 is 30.4 Å². The summed E-state index contributed by atoms with van der Waals surface area (Å²) in [5.41, 5.74) is 8.99.